The molecule has 0 atom stereocenters. The van der Waals surface area contributed by atoms with Gasteiger partial charge in [-0.25, -0.2) is 4.79 Å². The van der Waals surface area contributed by atoms with Crippen molar-refractivity contribution < 1.29 is 9.53 Å². The molecule has 0 aliphatic carbocycles. The molecule has 0 N–H and O–H groups in total. The van der Waals surface area contributed by atoms with Crippen molar-refractivity contribution in [3.63, 3.8) is 0 Å². The van der Waals surface area contributed by atoms with Gasteiger partial charge < -0.3 is 4.74 Å². The molecule has 0 saturated heterocycles. The number of rotatable bonds is 2. The highest BCUT2D eigenvalue weighted by atomic mass is 32.1. The number of thiol groups is 1. The second kappa shape index (κ2) is 3.55. The van der Waals surface area contributed by atoms with Crippen molar-refractivity contribution in [3.05, 3.63) is 12.2 Å². The quantitative estimate of drug-likeness (QED) is 0.262. The van der Waals surface area contributed by atoms with Gasteiger partial charge in [-0.15, -0.1) is 12.6 Å². The first-order valence-electron chi connectivity index (χ1n) is 2.12. The van der Waals surface area contributed by atoms with E-state index in [1.807, 2.05) is 0 Å². The lowest BCUT2D eigenvalue weighted by Gasteiger charge is -1.96. The Labute approximate surface area is 53.9 Å². The van der Waals surface area contributed by atoms with E-state index in [1.165, 1.54) is 0 Å². The van der Waals surface area contributed by atoms with E-state index in [0.29, 0.717) is 5.57 Å². The molecule has 0 rings (SSSR count). The molecule has 8 heavy (non-hydrogen) atoms. The molecule has 0 spiro atoms. The molecule has 0 amide bonds. The van der Waals surface area contributed by atoms with Gasteiger partial charge in [0.05, 0.1) is 0 Å². The predicted molar refractivity (Wildman–Crippen MR) is 34.8 cm³/mol. The van der Waals surface area contributed by atoms with Gasteiger partial charge in [0.2, 0.25) is 0 Å². The number of carbonyl (C=O) groups excluding carboxylic acids is 1. The van der Waals surface area contributed by atoms with E-state index >= 15 is 0 Å². The fourth-order valence-corrected chi connectivity index (χ4v) is 0.299. The van der Waals surface area contributed by atoms with Crippen LogP contribution in [0, 0.1) is 0 Å². The van der Waals surface area contributed by atoms with Gasteiger partial charge in [0, 0.05) is 5.57 Å². The summed E-state index contributed by atoms with van der Waals surface area (Å²) in [4.78, 5) is 10.4. The van der Waals surface area contributed by atoms with Crippen LogP contribution >= 0.6 is 12.6 Å². The third-order valence-electron chi connectivity index (χ3n) is 0.544. The van der Waals surface area contributed by atoms with E-state index in [0.717, 1.165) is 0 Å². The van der Waals surface area contributed by atoms with Crippen molar-refractivity contribution in [1.29, 1.82) is 0 Å². The first kappa shape index (κ1) is 7.56. The van der Waals surface area contributed by atoms with Crippen molar-refractivity contribution in [2.45, 2.75) is 6.92 Å². The van der Waals surface area contributed by atoms with Gasteiger partial charge in [0.25, 0.3) is 0 Å². The Balaban J connectivity index is 3.49. The summed E-state index contributed by atoms with van der Waals surface area (Å²) < 4.78 is 4.43. The van der Waals surface area contributed by atoms with Crippen LogP contribution in [0.3, 0.4) is 0 Å². The molecular formula is C5H8O2S. The van der Waals surface area contributed by atoms with Crippen LogP contribution in [-0.4, -0.2) is 11.9 Å². The topological polar surface area (TPSA) is 26.3 Å². The average Bonchev–Trinajstić information content (AvgIpc) is 1.67. The summed E-state index contributed by atoms with van der Waals surface area (Å²) in [5.41, 5.74) is 0.402. The maximum Gasteiger partial charge on any atom is 0.333 e. The summed E-state index contributed by atoms with van der Waals surface area (Å²) in [5.74, 6) is -0.272. The number of carbonyl (C=O) groups is 1. The Hall–Kier alpha value is -0.440. The summed E-state index contributed by atoms with van der Waals surface area (Å²) in [6, 6.07) is 0. The molecule has 0 bridgehead atoms. The van der Waals surface area contributed by atoms with Crippen molar-refractivity contribution in [3.8, 4) is 0 Å². The molecule has 0 fully saturated rings. The second-order valence-electron chi connectivity index (χ2n) is 1.34. The fraction of sp³-hybridized carbons (Fsp3) is 0.400. The Morgan fingerprint density at radius 3 is 2.50 bits per heavy atom. The van der Waals surface area contributed by atoms with Gasteiger partial charge in [0.1, 0.15) is 5.94 Å². The van der Waals surface area contributed by atoms with E-state index in [2.05, 4.69) is 23.9 Å². The minimum absolute atomic E-state index is 0.117. The van der Waals surface area contributed by atoms with Crippen LogP contribution in [0.1, 0.15) is 6.92 Å². The Kier molecular flexibility index (Phi) is 3.35. The van der Waals surface area contributed by atoms with Gasteiger partial charge >= 0.3 is 5.97 Å². The fourth-order valence-electron chi connectivity index (χ4n) is 0.182. The van der Waals surface area contributed by atoms with Crippen molar-refractivity contribution in [2.75, 3.05) is 5.94 Å². The largest absolute Gasteiger partial charge is 0.452 e. The Morgan fingerprint density at radius 2 is 2.38 bits per heavy atom. The van der Waals surface area contributed by atoms with E-state index in [-0.39, 0.29) is 11.9 Å². The van der Waals surface area contributed by atoms with E-state index in [9.17, 15) is 4.79 Å². The molecule has 0 aliphatic heterocycles. The third-order valence-corrected chi connectivity index (χ3v) is 0.673. The zero-order valence-electron chi connectivity index (χ0n) is 4.68. The van der Waals surface area contributed by atoms with E-state index in [4.69, 9.17) is 0 Å². The lowest BCUT2D eigenvalue weighted by molar-refractivity contribution is -0.136. The van der Waals surface area contributed by atoms with Crippen molar-refractivity contribution in [1.82, 2.24) is 0 Å². The number of hydrogen-bond donors (Lipinski definition) is 1. The first-order chi connectivity index (χ1) is 3.68. The number of hydrogen-bond acceptors (Lipinski definition) is 3. The van der Waals surface area contributed by atoms with Crippen molar-refractivity contribution >= 4 is 18.6 Å². The molecule has 0 aliphatic rings. The summed E-state index contributed by atoms with van der Waals surface area (Å²) in [6.45, 7) is 4.95. The normalized spacial score (nSPS) is 8.25. The Bertz CT molecular complexity index is 109. The zero-order valence-corrected chi connectivity index (χ0v) is 5.57. The monoisotopic (exact) mass is 132 g/mol. The molecule has 0 radical (unpaired) electrons. The number of ether oxygens (including phenoxy) is 1. The van der Waals surface area contributed by atoms with Crippen LogP contribution in [0.2, 0.25) is 0 Å². The predicted octanol–water partition coefficient (Wildman–Crippen LogP) is 0.993. The van der Waals surface area contributed by atoms with Gasteiger partial charge in [-0.3, -0.25) is 0 Å². The summed E-state index contributed by atoms with van der Waals surface area (Å²) >= 11 is 3.67. The van der Waals surface area contributed by atoms with Gasteiger partial charge in [0.15, 0.2) is 0 Å². The molecule has 0 aromatic carbocycles. The maximum atomic E-state index is 10.4. The van der Waals surface area contributed by atoms with Gasteiger partial charge in [-0.05, 0) is 6.92 Å². The molecule has 46 valence electrons. The molecule has 2 nitrogen and oxygen atoms in total. The van der Waals surface area contributed by atoms with Gasteiger partial charge in [-0.1, -0.05) is 6.58 Å². The lowest BCUT2D eigenvalue weighted by atomic mass is 10.4. The van der Waals surface area contributed by atoms with Crippen LogP contribution in [0.5, 0.6) is 0 Å². The van der Waals surface area contributed by atoms with Crippen LogP contribution in [0.4, 0.5) is 0 Å². The third kappa shape index (κ3) is 2.69. The second-order valence-corrected chi connectivity index (χ2v) is 1.60. The molecule has 0 aromatic heterocycles. The standard InChI is InChI=1S/C5H8O2S/c1-4(2)5(6)7-3-8/h8H,1,3H2,2H3. The van der Waals surface area contributed by atoms with E-state index < -0.39 is 0 Å². The van der Waals surface area contributed by atoms with Gasteiger partial charge in [-0.2, -0.15) is 0 Å². The highest BCUT2D eigenvalue weighted by Gasteiger charge is 1.98. The van der Waals surface area contributed by atoms with Crippen LogP contribution in [0.25, 0.3) is 0 Å². The van der Waals surface area contributed by atoms with Crippen LogP contribution < -0.4 is 0 Å². The highest BCUT2D eigenvalue weighted by molar-refractivity contribution is 7.80. The summed E-state index contributed by atoms with van der Waals surface area (Å²) in [5, 5.41) is 0. The minimum atomic E-state index is -0.389. The molecule has 3 heteroatoms. The molecule has 0 saturated carbocycles. The van der Waals surface area contributed by atoms with Crippen LogP contribution in [0.15, 0.2) is 12.2 Å². The maximum absolute atomic E-state index is 10.4. The Morgan fingerprint density at radius 1 is 1.88 bits per heavy atom. The molecule has 0 aromatic rings. The lowest BCUT2D eigenvalue weighted by Crippen LogP contribution is -2.02. The van der Waals surface area contributed by atoms with Crippen molar-refractivity contribution in [2.24, 2.45) is 0 Å². The first-order valence-corrected chi connectivity index (χ1v) is 2.75. The minimum Gasteiger partial charge on any atom is -0.452 e. The SMILES string of the molecule is C=C(C)C(=O)OCS. The smallest absolute Gasteiger partial charge is 0.333 e. The highest BCUT2D eigenvalue weighted by Crippen LogP contribution is 1.91. The van der Waals surface area contributed by atoms with Crippen LogP contribution in [-0.2, 0) is 9.53 Å². The zero-order chi connectivity index (χ0) is 6.57. The number of esters is 1. The summed E-state index contributed by atoms with van der Waals surface area (Å²) in [6.07, 6.45) is 0. The summed E-state index contributed by atoms with van der Waals surface area (Å²) in [7, 11) is 0. The molecular weight excluding hydrogens is 124 g/mol. The molecule has 0 unspecified atom stereocenters. The average molecular weight is 132 g/mol. The molecule has 0 heterocycles. The van der Waals surface area contributed by atoms with E-state index in [1.54, 1.807) is 6.92 Å².